The van der Waals surface area contributed by atoms with E-state index in [0.717, 1.165) is 49.3 Å². The summed E-state index contributed by atoms with van der Waals surface area (Å²) < 4.78 is 0. The molecule has 0 radical (unpaired) electrons. The maximum Gasteiger partial charge on any atom is 0.223 e. The predicted molar refractivity (Wildman–Crippen MR) is 96.7 cm³/mol. The van der Waals surface area contributed by atoms with Crippen molar-refractivity contribution in [2.45, 2.75) is 26.7 Å². The minimum absolute atomic E-state index is 0.202. The van der Waals surface area contributed by atoms with Crippen LogP contribution in [0.15, 0.2) is 12.1 Å². The van der Waals surface area contributed by atoms with E-state index in [9.17, 15) is 0 Å². The minimum atomic E-state index is 0.202. The van der Waals surface area contributed by atoms with Gasteiger partial charge in [0.15, 0.2) is 0 Å². The molecule has 0 spiro atoms. The average molecular weight is 348 g/mol. The first kappa shape index (κ1) is 16.7. The van der Waals surface area contributed by atoms with Crippen molar-refractivity contribution in [3.05, 3.63) is 28.8 Å². The molecule has 2 N–H and O–H groups in total. The van der Waals surface area contributed by atoms with Crippen molar-refractivity contribution in [2.75, 3.05) is 41.7 Å². The van der Waals surface area contributed by atoms with Gasteiger partial charge in [-0.25, -0.2) is 15.0 Å². The fraction of sp³-hybridized carbons (Fsp3) is 0.500. The molecule has 0 unspecified atom stereocenters. The summed E-state index contributed by atoms with van der Waals surface area (Å²) in [4.78, 5) is 21.9. The van der Waals surface area contributed by atoms with Gasteiger partial charge >= 0.3 is 0 Å². The SMILES string of the molecule is Cc1cc(N2CCN(c3cc(Cl)nc(N)n3)CC2)nc(C(C)C)n1. The first-order valence-electron chi connectivity index (χ1n) is 8.08. The normalized spacial score (nSPS) is 15.2. The molecule has 7 nitrogen and oxygen atoms in total. The van der Waals surface area contributed by atoms with Gasteiger partial charge in [-0.05, 0) is 6.92 Å². The molecule has 2 aromatic heterocycles. The summed E-state index contributed by atoms with van der Waals surface area (Å²) in [6, 6.07) is 3.79. The van der Waals surface area contributed by atoms with Gasteiger partial charge in [0, 0.05) is 49.9 Å². The molecule has 8 heteroatoms. The summed E-state index contributed by atoms with van der Waals surface area (Å²) >= 11 is 5.97. The number of aryl methyl sites for hydroxylation is 1. The Labute approximate surface area is 146 Å². The van der Waals surface area contributed by atoms with Crippen LogP contribution in [0, 0.1) is 6.92 Å². The number of rotatable bonds is 3. The van der Waals surface area contributed by atoms with E-state index in [1.54, 1.807) is 6.07 Å². The second-order valence-corrected chi connectivity index (χ2v) is 6.65. The number of nitrogens with zero attached hydrogens (tertiary/aromatic N) is 6. The van der Waals surface area contributed by atoms with Crippen LogP contribution in [-0.2, 0) is 0 Å². The highest BCUT2D eigenvalue weighted by Crippen LogP contribution is 2.22. The van der Waals surface area contributed by atoms with Crippen molar-refractivity contribution in [2.24, 2.45) is 0 Å². The Balaban J connectivity index is 1.73. The molecule has 1 aliphatic heterocycles. The lowest BCUT2D eigenvalue weighted by Gasteiger charge is -2.36. The summed E-state index contributed by atoms with van der Waals surface area (Å²) in [5.41, 5.74) is 6.69. The molecule has 0 saturated carbocycles. The number of anilines is 3. The van der Waals surface area contributed by atoms with Crippen LogP contribution < -0.4 is 15.5 Å². The van der Waals surface area contributed by atoms with E-state index < -0.39 is 0 Å². The van der Waals surface area contributed by atoms with Crippen LogP contribution in [0.1, 0.15) is 31.3 Å². The smallest absolute Gasteiger partial charge is 0.223 e. The highest BCUT2D eigenvalue weighted by molar-refractivity contribution is 6.29. The standard InChI is InChI=1S/C16H22ClN7/c1-10(2)15-19-11(3)8-13(21-15)23-4-6-24(7-5-23)14-9-12(17)20-16(18)22-14/h8-10H,4-7H2,1-3H3,(H2,18,20,22). The van der Waals surface area contributed by atoms with E-state index in [2.05, 4.69) is 38.6 Å². The maximum atomic E-state index is 5.97. The van der Waals surface area contributed by atoms with Crippen molar-refractivity contribution in [3.8, 4) is 0 Å². The zero-order chi connectivity index (χ0) is 17.3. The van der Waals surface area contributed by atoms with Crippen LogP contribution in [0.4, 0.5) is 17.6 Å². The fourth-order valence-corrected chi connectivity index (χ4v) is 2.93. The van der Waals surface area contributed by atoms with Gasteiger partial charge in [0.25, 0.3) is 0 Å². The molecular formula is C16H22ClN7. The quantitative estimate of drug-likeness (QED) is 0.852. The number of hydrogen-bond donors (Lipinski definition) is 1. The van der Waals surface area contributed by atoms with Gasteiger partial charge in [-0.15, -0.1) is 0 Å². The predicted octanol–water partition coefficient (Wildman–Crippen LogP) is 2.26. The first-order chi connectivity index (χ1) is 11.4. The van der Waals surface area contributed by atoms with Crippen LogP contribution in [0.25, 0.3) is 0 Å². The summed E-state index contributed by atoms with van der Waals surface area (Å²) in [5, 5.41) is 0.368. The topological polar surface area (TPSA) is 84.1 Å². The van der Waals surface area contributed by atoms with E-state index in [-0.39, 0.29) is 5.95 Å². The number of nitrogen functional groups attached to an aromatic ring is 1. The van der Waals surface area contributed by atoms with Crippen molar-refractivity contribution in [3.63, 3.8) is 0 Å². The number of piperazine rings is 1. The van der Waals surface area contributed by atoms with E-state index in [1.165, 1.54) is 0 Å². The van der Waals surface area contributed by atoms with Gasteiger partial charge in [-0.2, -0.15) is 4.98 Å². The van der Waals surface area contributed by atoms with Gasteiger partial charge in [-0.1, -0.05) is 25.4 Å². The van der Waals surface area contributed by atoms with E-state index in [1.807, 2.05) is 13.0 Å². The molecule has 3 heterocycles. The van der Waals surface area contributed by atoms with Crippen molar-refractivity contribution in [1.29, 1.82) is 0 Å². The van der Waals surface area contributed by atoms with E-state index >= 15 is 0 Å². The Kier molecular flexibility index (Phi) is 4.71. The Bertz CT molecular complexity index is 706. The Morgan fingerprint density at radius 1 is 0.958 bits per heavy atom. The lowest BCUT2D eigenvalue weighted by Crippen LogP contribution is -2.47. The Hall–Kier alpha value is -2.15. The maximum absolute atomic E-state index is 5.97. The molecule has 0 bridgehead atoms. The Morgan fingerprint density at radius 2 is 1.54 bits per heavy atom. The van der Waals surface area contributed by atoms with Gasteiger partial charge in [0.2, 0.25) is 5.95 Å². The number of halogens is 1. The zero-order valence-electron chi connectivity index (χ0n) is 14.2. The molecule has 1 fully saturated rings. The van der Waals surface area contributed by atoms with Crippen LogP contribution in [0.2, 0.25) is 5.15 Å². The van der Waals surface area contributed by atoms with Crippen LogP contribution in [0.5, 0.6) is 0 Å². The lowest BCUT2D eigenvalue weighted by atomic mass is 10.2. The van der Waals surface area contributed by atoms with Crippen molar-refractivity contribution >= 4 is 29.2 Å². The summed E-state index contributed by atoms with van der Waals surface area (Å²) in [6.45, 7) is 9.60. The molecule has 3 rings (SSSR count). The largest absolute Gasteiger partial charge is 0.368 e. The summed E-state index contributed by atoms with van der Waals surface area (Å²) in [7, 11) is 0. The van der Waals surface area contributed by atoms with E-state index in [0.29, 0.717) is 11.1 Å². The highest BCUT2D eigenvalue weighted by Gasteiger charge is 2.21. The van der Waals surface area contributed by atoms with Gasteiger partial charge in [0.05, 0.1) is 0 Å². The molecule has 128 valence electrons. The number of hydrogen-bond acceptors (Lipinski definition) is 7. The lowest BCUT2D eigenvalue weighted by molar-refractivity contribution is 0.635. The van der Waals surface area contributed by atoms with Gasteiger partial charge in [-0.3, -0.25) is 0 Å². The molecule has 24 heavy (non-hydrogen) atoms. The fourth-order valence-electron chi connectivity index (χ4n) is 2.74. The molecule has 0 atom stereocenters. The van der Waals surface area contributed by atoms with Crippen LogP contribution in [-0.4, -0.2) is 46.1 Å². The third kappa shape index (κ3) is 3.67. The summed E-state index contributed by atoms with van der Waals surface area (Å²) in [6.07, 6.45) is 0. The molecule has 0 aromatic carbocycles. The minimum Gasteiger partial charge on any atom is -0.368 e. The molecular weight excluding hydrogens is 326 g/mol. The Morgan fingerprint density at radius 3 is 2.08 bits per heavy atom. The molecule has 1 saturated heterocycles. The number of nitrogens with two attached hydrogens (primary N) is 1. The molecule has 1 aliphatic rings. The zero-order valence-corrected chi connectivity index (χ0v) is 15.0. The number of aromatic nitrogens is 4. The molecule has 0 amide bonds. The third-order valence-corrected chi connectivity index (χ3v) is 4.19. The second-order valence-electron chi connectivity index (χ2n) is 6.26. The van der Waals surface area contributed by atoms with Crippen molar-refractivity contribution in [1.82, 2.24) is 19.9 Å². The average Bonchev–Trinajstić information content (AvgIpc) is 2.53. The molecule has 2 aromatic rings. The second kappa shape index (κ2) is 6.76. The van der Waals surface area contributed by atoms with Crippen LogP contribution >= 0.6 is 11.6 Å². The first-order valence-corrected chi connectivity index (χ1v) is 8.45. The highest BCUT2D eigenvalue weighted by atomic mass is 35.5. The van der Waals surface area contributed by atoms with Crippen LogP contribution in [0.3, 0.4) is 0 Å². The molecule has 0 aliphatic carbocycles. The van der Waals surface area contributed by atoms with Gasteiger partial charge in [0.1, 0.15) is 22.6 Å². The van der Waals surface area contributed by atoms with Crippen molar-refractivity contribution < 1.29 is 0 Å². The van der Waals surface area contributed by atoms with Gasteiger partial charge < -0.3 is 15.5 Å². The summed E-state index contributed by atoms with van der Waals surface area (Å²) in [5.74, 6) is 3.17. The third-order valence-electron chi connectivity index (χ3n) is 4.00. The monoisotopic (exact) mass is 347 g/mol. The van der Waals surface area contributed by atoms with E-state index in [4.69, 9.17) is 22.3 Å².